The number of benzene rings is 1. The first-order chi connectivity index (χ1) is 6.68. The van der Waals surface area contributed by atoms with E-state index in [2.05, 4.69) is 12.1 Å². The topological polar surface area (TPSA) is 35.2 Å². The first-order valence-electron chi connectivity index (χ1n) is 5.10. The van der Waals surface area contributed by atoms with Crippen molar-refractivity contribution in [2.45, 2.75) is 30.2 Å². The van der Waals surface area contributed by atoms with E-state index in [1.165, 1.54) is 5.56 Å². The third-order valence-electron chi connectivity index (χ3n) is 3.75. The molecule has 0 aromatic heterocycles. The van der Waals surface area contributed by atoms with Crippen molar-refractivity contribution in [2.75, 3.05) is 7.11 Å². The second kappa shape index (κ2) is 2.31. The molecule has 0 unspecified atom stereocenters. The van der Waals surface area contributed by atoms with E-state index < -0.39 is 0 Å². The highest BCUT2D eigenvalue weighted by Crippen LogP contribution is 2.67. The third-order valence-corrected chi connectivity index (χ3v) is 3.75. The normalized spacial score (nSPS) is 38.4. The Morgan fingerprint density at radius 3 is 2.43 bits per heavy atom. The number of hydrogen-bond donors (Lipinski definition) is 1. The molecule has 0 amide bonds. The van der Waals surface area contributed by atoms with Crippen LogP contribution in [0.15, 0.2) is 24.3 Å². The number of rotatable bonds is 2. The Hall–Kier alpha value is -1.02. The van der Waals surface area contributed by atoms with Crippen LogP contribution < -0.4 is 10.5 Å². The number of nitrogens with two attached hydrogens (primary N) is 1. The van der Waals surface area contributed by atoms with E-state index in [0.29, 0.717) is 5.41 Å². The first-order valence-corrected chi connectivity index (χ1v) is 5.10. The monoisotopic (exact) mass is 189 g/mol. The molecule has 1 aromatic carbocycles. The van der Waals surface area contributed by atoms with Crippen LogP contribution in [0.1, 0.15) is 24.8 Å². The third kappa shape index (κ3) is 0.845. The molecule has 74 valence electrons. The van der Waals surface area contributed by atoms with Gasteiger partial charge in [0.15, 0.2) is 0 Å². The van der Waals surface area contributed by atoms with Crippen molar-refractivity contribution < 1.29 is 4.74 Å². The minimum absolute atomic E-state index is 0.168. The van der Waals surface area contributed by atoms with Crippen LogP contribution in [0, 0.1) is 0 Å². The molecule has 14 heavy (non-hydrogen) atoms. The van der Waals surface area contributed by atoms with Gasteiger partial charge in [0.25, 0.3) is 0 Å². The smallest absolute Gasteiger partial charge is 0.122 e. The fourth-order valence-electron chi connectivity index (χ4n) is 3.23. The molecule has 3 fully saturated rings. The van der Waals surface area contributed by atoms with Crippen molar-refractivity contribution >= 4 is 0 Å². The lowest BCUT2D eigenvalue weighted by Gasteiger charge is -2.69. The van der Waals surface area contributed by atoms with E-state index in [1.54, 1.807) is 7.11 Å². The Morgan fingerprint density at radius 2 is 1.86 bits per heavy atom. The summed E-state index contributed by atoms with van der Waals surface area (Å²) < 4.78 is 5.38. The van der Waals surface area contributed by atoms with Gasteiger partial charge < -0.3 is 10.5 Å². The summed E-state index contributed by atoms with van der Waals surface area (Å²) in [6, 6.07) is 8.32. The van der Waals surface area contributed by atoms with Crippen molar-refractivity contribution in [3.63, 3.8) is 0 Å². The number of methoxy groups -OCH3 is 1. The van der Waals surface area contributed by atoms with Crippen molar-refractivity contribution in [2.24, 2.45) is 5.73 Å². The van der Waals surface area contributed by atoms with Gasteiger partial charge in [-0.2, -0.15) is 0 Å². The average Bonchev–Trinajstić information content (AvgIpc) is 2.11. The van der Waals surface area contributed by atoms with E-state index in [4.69, 9.17) is 10.5 Å². The minimum Gasteiger partial charge on any atom is -0.496 e. The van der Waals surface area contributed by atoms with Gasteiger partial charge in [0.2, 0.25) is 0 Å². The van der Waals surface area contributed by atoms with Gasteiger partial charge in [0.05, 0.1) is 7.11 Å². The molecule has 0 spiro atoms. The predicted molar refractivity (Wildman–Crippen MR) is 55.4 cm³/mol. The molecule has 3 saturated carbocycles. The fourth-order valence-corrected chi connectivity index (χ4v) is 3.23. The van der Waals surface area contributed by atoms with Crippen LogP contribution in [0.4, 0.5) is 0 Å². The highest BCUT2D eigenvalue weighted by molar-refractivity contribution is 5.48. The standard InChI is InChI=1S/C12H15NO/c1-14-10-5-3-2-4-9(10)11-6-12(13,7-11)8-11/h2-5H,6-8,13H2,1H3. The van der Waals surface area contributed by atoms with Crippen LogP contribution in [-0.4, -0.2) is 12.6 Å². The molecule has 3 aliphatic carbocycles. The van der Waals surface area contributed by atoms with E-state index in [1.807, 2.05) is 12.1 Å². The highest BCUT2D eigenvalue weighted by atomic mass is 16.5. The number of ether oxygens (including phenoxy) is 1. The van der Waals surface area contributed by atoms with Crippen molar-refractivity contribution in [1.29, 1.82) is 0 Å². The molecule has 0 aliphatic heterocycles. The van der Waals surface area contributed by atoms with Crippen molar-refractivity contribution in [3.05, 3.63) is 29.8 Å². The maximum Gasteiger partial charge on any atom is 0.122 e. The van der Waals surface area contributed by atoms with Gasteiger partial charge in [-0.1, -0.05) is 18.2 Å². The van der Waals surface area contributed by atoms with E-state index in [0.717, 1.165) is 25.0 Å². The molecule has 0 saturated heterocycles. The quantitative estimate of drug-likeness (QED) is 0.770. The lowest BCUT2D eigenvalue weighted by atomic mass is 9.38. The molecule has 3 aliphatic rings. The molecule has 0 atom stereocenters. The van der Waals surface area contributed by atoms with Crippen molar-refractivity contribution in [1.82, 2.24) is 0 Å². The van der Waals surface area contributed by atoms with E-state index in [-0.39, 0.29) is 5.54 Å². The van der Waals surface area contributed by atoms with Crippen LogP contribution in [0.2, 0.25) is 0 Å². The summed E-state index contributed by atoms with van der Waals surface area (Å²) in [5.74, 6) is 1.02. The zero-order valence-electron chi connectivity index (χ0n) is 8.42. The van der Waals surface area contributed by atoms with Gasteiger partial charge in [-0.25, -0.2) is 0 Å². The largest absolute Gasteiger partial charge is 0.496 e. The summed E-state index contributed by atoms with van der Waals surface area (Å²) in [6.45, 7) is 0. The SMILES string of the molecule is COc1ccccc1C12CC(N)(C1)C2. The molecule has 2 N–H and O–H groups in total. The molecule has 4 rings (SSSR count). The van der Waals surface area contributed by atoms with Crippen LogP contribution in [0.25, 0.3) is 0 Å². The van der Waals surface area contributed by atoms with Crippen molar-refractivity contribution in [3.8, 4) is 5.75 Å². The molecule has 0 radical (unpaired) electrons. The molecule has 2 heteroatoms. The molecule has 2 bridgehead atoms. The fraction of sp³-hybridized carbons (Fsp3) is 0.500. The Bertz CT molecular complexity index is 366. The highest BCUT2D eigenvalue weighted by Gasteiger charge is 2.67. The summed E-state index contributed by atoms with van der Waals surface area (Å²) in [6.07, 6.45) is 3.42. The number of hydrogen-bond acceptors (Lipinski definition) is 2. The average molecular weight is 189 g/mol. The second-order valence-corrected chi connectivity index (χ2v) is 4.87. The minimum atomic E-state index is 0.168. The maximum atomic E-state index is 6.06. The Kier molecular flexibility index (Phi) is 1.37. The summed E-state index contributed by atoms with van der Waals surface area (Å²) in [5.41, 5.74) is 7.95. The summed E-state index contributed by atoms with van der Waals surface area (Å²) >= 11 is 0. The van der Waals surface area contributed by atoms with Crippen LogP contribution in [0.3, 0.4) is 0 Å². The lowest BCUT2D eigenvalue weighted by molar-refractivity contribution is -0.0602. The van der Waals surface area contributed by atoms with Gasteiger partial charge in [-0.05, 0) is 25.3 Å². The molecule has 1 aromatic rings. The van der Waals surface area contributed by atoms with Gasteiger partial charge >= 0.3 is 0 Å². The summed E-state index contributed by atoms with van der Waals surface area (Å²) in [7, 11) is 1.74. The summed E-state index contributed by atoms with van der Waals surface area (Å²) in [5, 5.41) is 0. The zero-order chi connectivity index (χ0) is 9.81. The van der Waals surface area contributed by atoms with Gasteiger partial charge in [0, 0.05) is 16.5 Å². The Morgan fingerprint density at radius 1 is 1.21 bits per heavy atom. The maximum absolute atomic E-state index is 6.06. The van der Waals surface area contributed by atoms with Gasteiger partial charge in [-0.15, -0.1) is 0 Å². The van der Waals surface area contributed by atoms with E-state index in [9.17, 15) is 0 Å². The van der Waals surface area contributed by atoms with Crippen LogP contribution in [-0.2, 0) is 5.41 Å². The zero-order valence-corrected chi connectivity index (χ0v) is 8.42. The molecule has 0 heterocycles. The first kappa shape index (κ1) is 8.30. The lowest BCUT2D eigenvalue weighted by Crippen LogP contribution is -2.74. The van der Waals surface area contributed by atoms with Gasteiger partial charge in [-0.3, -0.25) is 0 Å². The predicted octanol–water partition coefficient (Wildman–Crippen LogP) is 1.83. The Labute approximate surface area is 84.1 Å². The van der Waals surface area contributed by atoms with Crippen LogP contribution in [0.5, 0.6) is 5.75 Å². The van der Waals surface area contributed by atoms with E-state index >= 15 is 0 Å². The molecular weight excluding hydrogens is 174 g/mol. The molecular formula is C12H15NO. The summed E-state index contributed by atoms with van der Waals surface area (Å²) in [4.78, 5) is 0. The number of para-hydroxylation sites is 1. The second-order valence-electron chi connectivity index (χ2n) is 4.87. The van der Waals surface area contributed by atoms with Gasteiger partial charge in [0.1, 0.15) is 5.75 Å². The molecule has 2 nitrogen and oxygen atoms in total. The van der Waals surface area contributed by atoms with Crippen LogP contribution >= 0.6 is 0 Å². The Balaban J connectivity index is 1.98.